The molecule has 0 atom stereocenters. The second kappa shape index (κ2) is 6.52. The van der Waals surface area contributed by atoms with E-state index in [-0.39, 0.29) is 24.8 Å². The van der Waals surface area contributed by atoms with E-state index in [1.807, 2.05) is 24.0 Å². The van der Waals surface area contributed by atoms with E-state index >= 15 is 0 Å². The maximum absolute atomic E-state index is 12.3. The number of hydrogen-bond acceptors (Lipinski definition) is 4. The van der Waals surface area contributed by atoms with Crippen molar-refractivity contribution in [2.24, 2.45) is 0 Å². The summed E-state index contributed by atoms with van der Waals surface area (Å²) in [5.41, 5.74) is 1.77. The molecular formula is C15H20N2O3. The Bertz CT molecular complexity index is 514. The first-order chi connectivity index (χ1) is 9.63. The lowest BCUT2D eigenvalue weighted by Gasteiger charge is -2.18. The molecule has 108 valence electrons. The van der Waals surface area contributed by atoms with Crippen LogP contribution >= 0.6 is 0 Å². The van der Waals surface area contributed by atoms with E-state index < -0.39 is 0 Å². The fourth-order valence-electron chi connectivity index (χ4n) is 2.22. The number of amides is 1. The fraction of sp³-hybridized carbons (Fsp3) is 0.467. The quantitative estimate of drug-likeness (QED) is 0.783. The third-order valence-corrected chi connectivity index (χ3v) is 3.47. The van der Waals surface area contributed by atoms with Gasteiger partial charge in [0, 0.05) is 19.0 Å². The number of rotatable bonds is 6. The standard InChI is InChI=1S/C15H20N2O3/c1-3-17(10-15(19)16-2)9-13(18)11-4-5-14-12(8-11)6-7-20-14/h4-5,8H,3,6-7,9-10H2,1-2H3,(H,16,19). The van der Waals surface area contributed by atoms with E-state index in [4.69, 9.17) is 4.74 Å². The van der Waals surface area contributed by atoms with Gasteiger partial charge in [-0.3, -0.25) is 14.5 Å². The molecule has 1 aromatic rings. The SMILES string of the molecule is CCN(CC(=O)NC)CC(=O)c1ccc2c(c1)CCO2. The van der Waals surface area contributed by atoms with Gasteiger partial charge in [0.15, 0.2) is 5.78 Å². The minimum Gasteiger partial charge on any atom is -0.493 e. The molecule has 5 nitrogen and oxygen atoms in total. The summed E-state index contributed by atoms with van der Waals surface area (Å²) in [6.45, 7) is 3.78. The molecule has 0 unspecified atom stereocenters. The number of fused-ring (bicyclic) bond motifs is 1. The lowest BCUT2D eigenvalue weighted by molar-refractivity contribution is -0.121. The second-order valence-electron chi connectivity index (χ2n) is 4.82. The van der Waals surface area contributed by atoms with Crippen LogP contribution in [-0.2, 0) is 11.2 Å². The Morgan fingerprint density at radius 3 is 2.85 bits per heavy atom. The predicted molar refractivity (Wildman–Crippen MR) is 76.2 cm³/mol. The molecule has 1 aliphatic heterocycles. The molecule has 0 saturated carbocycles. The number of nitrogens with zero attached hydrogens (tertiary/aromatic N) is 1. The van der Waals surface area contributed by atoms with E-state index in [1.54, 1.807) is 13.1 Å². The molecule has 0 saturated heterocycles. The molecule has 0 radical (unpaired) electrons. The second-order valence-corrected chi connectivity index (χ2v) is 4.82. The molecule has 0 aromatic heterocycles. The Kier molecular flexibility index (Phi) is 4.74. The van der Waals surface area contributed by atoms with Crippen molar-refractivity contribution in [3.63, 3.8) is 0 Å². The van der Waals surface area contributed by atoms with Gasteiger partial charge in [0.1, 0.15) is 5.75 Å². The van der Waals surface area contributed by atoms with E-state index in [0.29, 0.717) is 18.7 Å². The average molecular weight is 276 g/mol. The highest BCUT2D eigenvalue weighted by Gasteiger charge is 2.17. The van der Waals surface area contributed by atoms with E-state index in [1.165, 1.54) is 0 Å². The van der Waals surface area contributed by atoms with Crippen LogP contribution in [0.1, 0.15) is 22.8 Å². The van der Waals surface area contributed by atoms with Crippen molar-refractivity contribution in [2.45, 2.75) is 13.3 Å². The normalized spacial score (nSPS) is 12.9. The first kappa shape index (κ1) is 14.5. The van der Waals surface area contributed by atoms with Crippen molar-refractivity contribution in [2.75, 3.05) is 33.3 Å². The van der Waals surface area contributed by atoms with Crippen molar-refractivity contribution in [1.82, 2.24) is 10.2 Å². The summed E-state index contributed by atoms with van der Waals surface area (Å²) in [7, 11) is 1.60. The van der Waals surface area contributed by atoms with Gasteiger partial charge in [-0.1, -0.05) is 6.92 Å². The monoisotopic (exact) mass is 276 g/mol. The van der Waals surface area contributed by atoms with Crippen molar-refractivity contribution in [3.05, 3.63) is 29.3 Å². The number of ether oxygens (including phenoxy) is 1. The first-order valence-corrected chi connectivity index (χ1v) is 6.86. The maximum atomic E-state index is 12.3. The number of carbonyl (C=O) groups excluding carboxylic acids is 2. The number of nitrogens with one attached hydrogen (secondary N) is 1. The van der Waals surface area contributed by atoms with Crippen molar-refractivity contribution < 1.29 is 14.3 Å². The number of carbonyl (C=O) groups is 2. The zero-order valence-corrected chi connectivity index (χ0v) is 11.9. The number of Topliss-reactive ketones (excluding diaryl/α,β-unsaturated/α-hetero) is 1. The highest BCUT2D eigenvalue weighted by molar-refractivity contribution is 5.98. The van der Waals surface area contributed by atoms with Gasteiger partial charge in [0.25, 0.3) is 0 Å². The minimum atomic E-state index is -0.0815. The zero-order valence-electron chi connectivity index (χ0n) is 11.9. The summed E-state index contributed by atoms with van der Waals surface area (Å²) in [5, 5.41) is 2.57. The zero-order chi connectivity index (χ0) is 14.5. The maximum Gasteiger partial charge on any atom is 0.233 e. The summed E-state index contributed by atoms with van der Waals surface area (Å²) in [4.78, 5) is 25.5. The Labute approximate surface area is 118 Å². The summed E-state index contributed by atoms with van der Waals surface area (Å²) in [5.74, 6) is 0.826. The molecule has 2 rings (SSSR count). The molecule has 1 N–H and O–H groups in total. The Morgan fingerprint density at radius 1 is 1.35 bits per heavy atom. The van der Waals surface area contributed by atoms with Gasteiger partial charge in [-0.15, -0.1) is 0 Å². The third kappa shape index (κ3) is 3.36. The molecule has 1 aliphatic rings. The minimum absolute atomic E-state index is 0.0328. The molecule has 0 spiro atoms. The molecule has 0 fully saturated rings. The third-order valence-electron chi connectivity index (χ3n) is 3.47. The van der Waals surface area contributed by atoms with Gasteiger partial charge in [-0.05, 0) is 30.3 Å². The lowest BCUT2D eigenvalue weighted by Crippen LogP contribution is -2.38. The predicted octanol–water partition coefficient (Wildman–Crippen LogP) is 0.872. The molecule has 5 heteroatoms. The van der Waals surface area contributed by atoms with Gasteiger partial charge >= 0.3 is 0 Å². The van der Waals surface area contributed by atoms with Crippen LogP contribution in [0.2, 0.25) is 0 Å². The number of hydrogen-bond donors (Lipinski definition) is 1. The molecular weight excluding hydrogens is 256 g/mol. The van der Waals surface area contributed by atoms with Crippen LogP contribution in [0.3, 0.4) is 0 Å². The average Bonchev–Trinajstić information content (AvgIpc) is 2.93. The largest absolute Gasteiger partial charge is 0.493 e. The van der Waals surface area contributed by atoms with Crippen LogP contribution in [0.15, 0.2) is 18.2 Å². The molecule has 1 amide bonds. The Morgan fingerprint density at radius 2 is 2.15 bits per heavy atom. The van der Waals surface area contributed by atoms with Crippen LogP contribution in [0.25, 0.3) is 0 Å². The van der Waals surface area contributed by atoms with Gasteiger partial charge in [0.2, 0.25) is 5.91 Å². The van der Waals surface area contributed by atoms with Crippen LogP contribution in [0.5, 0.6) is 5.75 Å². The number of ketones is 1. The topological polar surface area (TPSA) is 58.6 Å². The smallest absolute Gasteiger partial charge is 0.233 e. The van der Waals surface area contributed by atoms with Crippen molar-refractivity contribution >= 4 is 11.7 Å². The van der Waals surface area contributed by atoms with Crippen LogP contribution in [0.4, 0.5) is 0 Å². The molecule has 0 bridgehead atoms. The summed E-state index contributed by atoms with van der Waals surface area (Å²) < 4.78 is 5.43. The highest BCUT2D eigenvalue weighted by Crippen LogP contribution is 2.26. The van der Waals surface area contributed by atoms with Crippen molar-refractivity contribution in [3.8, 4) is 5.75 Å². The van der Waals surface area contributed by atoms with E-state index in [2.05, 4.69) is 5.32 Å². The van der Waals surface area contributed by atoms with Gasteiger partial charge in [0.05, 0.1) is 19.7 Å². The fourth-order valence-corrected chi connectivity index (χ4v) is 2.22. The van der Waals surface area contributed by atoms with Crippen LogP contribution < -0.4 is 10.1 Å². The van der Waals surface area contributed by atoms with Crippen LogP contribution in [0, 0.1) is 0 Å². The summed E-state index contributed by atoms with van der Waals surface area (Å²) in [6.07, 6.45) is 0.853. The first-order valence-electron chi connectivity index (χ1n) is 6.86. The Balaban J connectivity index is 2.01. The van der Waals surface area contributed by atoms with Gasteiger partial charge in [-0.25, -0.2) is 0 Å². The van der Waals surface area contributed by atoms with Gasteiger partial charge < -0.3 is 10.1 Å². The number of likely N-dealkylation sites (N-methyl/N-ethyl adjacent to an activating group) is 2. The Hall–Kier alpha value is -1.88. The summed E-state index contributed by atoms with van der Waals surface area (Å²) in [6, 6.07) is 5.54. The molecule has 20 heavy (non-hydrogen) atoms. The number of benzene rings is 1. The molecule has 1 aromatic carbocycles. The van der Waals surface area contributed by atoms with Gasteiger partial charge in [-0.2, -0.15) is 0 Å². The van der Waals surface area contributed by atoms with Crippen molar-refractivity contribution in [1.29, 1.82) is 0 Å². The van der Waals surface area contributed by atoms with Crippen LogP contribution in [-0.4, -0.2) is 49.9 Å². The lowest BCUT2D eigenvalue weighted by atomic mass is 10.1. The van der Waals surface area contributed by atoms with E-state index in [0.717, 1.165) is 17.7 Å². The molecule has 0 aliphatic carbocycles. The highest BCUT2D eigenvalue weighted by atomic mass is 16.5. The molecule has 1 heterocycles. The summed E-state index contributed by atoms with van der Waals surface area (Å²) >= 11 is 0. The van der Waals surface area contributed by atoms with E-state index in [9.17, 15) is 9.59 Å².